The summed E-state index contributed by atoms with van der Waals surface area (Å²) in [5, 5.41) is 6.40. The van der Waals surface area contributed by atoms with Crippen molar-refractivity contribution in [3.8, 4) is 23.1 Å². The minimum absolute atomic E-state index is 0.00395. The molecule has 0 bridgehead atoms. The predicted molar refractivity (Wildman–Crippen MR) is 155 cm³/mol. The van der Waals surface area contributed by atoms with Crippen molar-refractivity contribution in [1.29, 1.82) is 0 Å². The Labute approximate surface area is 231 Å². The lowest BCUT2D eigenvalue weighted by Gasteiger charge is -2.16. The van der Waals surface area contributed by atoms with Crippen LogP contribution in [0.2, 0.25) is 5.02 Å². The maximum absolute atomic E-state index is 13.5. The average Bonchev–Trinajstić information content (AvgIpc) is 3.28. The van der Waals surface area contributed by atoms with Crippen molar-refractivity contribution in [1.82, 2.24) is 9.66 Å². The smallest absolute Gasteiger partial charge is 0.282 e. The van der Waals surface area contributed by atoms with Crippen LogP contribution in [0.15, 0.2) is 75.0 Å². The van der Waals surface area contributed by atoms with Crippen LogP contribution in [-0.4, -0.2) is 28.6 Å². The fourth-order valence-electron chi connectivity index (χ4n) is 3.91. The summed E-state index contributed by atoms with van der Waals surface area (Å²) in [4.78, 5) is 18.2. The molecule has 0 fully saturated rings. The molecule has 2 heterocycles. The van der Waals surface area contributed by atoms with E-state index in [0.29, 0.717) is 45.4 Å². The van der Waals surface area contributed by atoms with E-state index >= 15 is 0 Å². The third-order valence-corrected chi connectivity index (χ3v) is 6.50. The first-order valence-electron chi connectivity index (χ1n) is 11.7. The molecule has 0 saturated carbocycles. The van der Waals surface area contributed by atoms with Gasteiger partial charge in [0.1, 0.15) is 5.58 Å². The molecular weight excluding hydrogens is 605 g/mol. The van der Waals surface area contributed by atoms with Crippen LogP contribution in [0.3, 0.4) is 0 Å². The molecule has 0 radical (unpaired) electrons. The number of para-hydroxylation sites is 1. The van der Waals surface area contributed by atoms with E-state index in [1.165, 1.54) is 4.68 Å². The number of nitrogens with zero attached hydrogens (tertiary/aromatic N) is 3. The van der Waals surface area contributed by atoms with Crippen LogP contribution in [-0.2, 0) is 0 Å². The van der Waals surface area contributed by atoms with Crippen LogP contribution in [0.25, 0.3) is 33.5 Å². The highest BCUT2D eigenvalue weighted by molar-refractivity contribution is 14.1. The Balaban J connectivity index is 1.66. The van der Waals surface area contributed by atoms with Crippen molar-refractivity contribution in [2.45, 2.75) is 26.9 Å². The maximum Gasteiger partial charge on any atom is 0.282 e. The molecule has 37 heavy (non-hydrogen) atoms. The fourth-order valence-corrected chi connectivity index (χ4v) is 4.85. The number of benzene rings is 3. The number of ether oxygens (including phenoxy) is 2. The zero-order chi connectivity index (χ0) is 26.1. The Bertz CT molecular complexity index is 1710. The summed E-state index contributed by atoms with van der Waals surface area (Å²) < 4.78 is 20.0. The number of halogens is 2. The van der Waals surface area contributed by atoms with Gasteiger partial charge in [-0.3, -0.25) is 4.79 Å². The van der Waals surface area contributed by atoms with Crippen molar-refractivity contribution < 1.29 is 13.9 Å². The first-order chi connectivity index (χ1) is 17.8. The molecule has 3 aromatic carbocycles. The first-order valence-corrected chi connectivity index (χ1v) is 13.2. The topological polar surface area (TPSA) is 78.9 Å². The van der Waals surface area contributed by atoms with Gasteiger partial charge in [0.15, 0.2) is 17.3 Å². The molecule has 0 unspecified atom stereocenters. The second kappa shape index (κ2) is 10.5. The van der Waals surface area contributed by atoms with Crippen molar-refractivity contribution >= 4 is 62.3 Å². The van der Waals surface area contributed by atoms with Crippen LogP contribution in [0.1, 0.15) is 26.3 Å². The minimum atomic E-state index is -0.310. The van der Waals surface area contributed by atoms with Gasteiger partial charge in [0.2, 0.25) is 5.82 Å². The van der Waals surface area contributed by atoms with Gasteiger partial charge >= 0.3 is 0 Å². The number of rotatable bonds is 7. The highest BCUT2D eigenvalue weighted by atomic mass is 127. The number of fused-ring (bicyclic) bond motifs is 2. The van der Waals surface area contributed by atoms with E-state index in [0.717, 1.165) is 14.5 Å². The molecule has 0 spiro atoms. The van der Waals surface area contributed by atoms with E-state index in [4.69, 9.17) is 30.5 Å². The summed E-state index contributed by atoms with van der Waals surface area (Å²) in [6.45, 7) is 6.33. The number of furan rings is 1. The van der Waals surface area contributed by atoms with Crippen molar-refractivity contribution in [3.63, 3.8) is 0 Å². The quantitative estimate of drug-likeness (QED) is 0.142. The monoisotopic (exact) mass is 627 g/mol. The van der Waals surface area contributed by atoms with E-state index in [1.807, 2.05) is 39.0 Å². The molecule has 5 rings (SSSR count). The Morgan fingerprint density at radius 1 is 1.16 bits per heavy atom. The number of aromatic nitrogens is 2. The van der Waals surface area contributed by atoms with Crippen LogP contribution in [0.5, 0.6) is 11.5 Å². The zero-order valence-electron chi connectivity index (χ0n) is 20.4. The molecule has 0 amide bonds. The van der Waals surface area contributed by atoms with Crippen molar-refractivity contribution in [3.05, 3.63) is 85.2 Å². The van der Waals surface area contributed by atoms with Crippen molar-refractivity contribution in [2.75, 3.05) is 6.61 Å². The minimum Gasteiger partial charge on any atom is -0.490 e. The van der Waals surface area contributed by atoms with Gasteiger partial charge in [0, 0.05) is 10.4 Å². The summed E-state index contributed by atoms with van der Waals surface area (Å²) in [6.07, 6.45) is 1.60. The number of hydrogen-bond donors (Lipinski definition) is 0. The van der Waals surface area contributed by atoms with Gasteiger partial charge in [-0.15, -0.1) is 0 Å². The normalized spacial score (nSPS) is 11.7. The largest absolute Gasteiger partial charge is 0.490 e. The molecule has 188 valence electrons. The number of hydrogen-bond acceptors (Lipinski definition) is 6. The van der Waals surface area contributed by atoms with Gasteiger partial charge in [-0.05, 0) is 97.5 Å². The first kappa shape index (κ1) is 25.3. The lowest BCUT2D eigenvalue weighted by atomic mass is 10.2. The van der Waals surface area contributed by atoms with E-state index < -0.39 is 0 Å². The highest BCUT2D eigenvalue weighted by Crippen LogP contribution is 2.35. The zero-order valence-corrected chi connectivity index (χ0v) is 23.3. The SMILES string of the molecule is CCOc1cc(C=Nn2c(-c3cc4cc(Cl)ccc4o3)nc3ccccc3c2=O)cc(I)c1OC(C)C. The van der Waals surface area contributed by atoms with Crippen LogP contribution in [0.4, 0.5) is 0 Å². The Morgan fingerprint density at radius 2 is 1.97 bits per heavy atom. The maximum atomic E-state index is 13.5. The summed E-state index contributed by atoms with van der Waals surface area (Å²) in [7, 11) is 0. The Kier molecular flexibility index (Phi) is 7.21. The third kappa shape index (κ3) is 5.21. The van der Waals surface area contributed by atoms with E-state index in [2.05, 4.69) is 27.7 Å². The summed E-state index contributed by atoms with van der Waals surface area (Å²) in [5.74, 6) is 1.98. The molecule has 5 aromatic rings. The molecule has 0 N–H and O–H groups in total. The summed E-state index contributed by atoms with van der Waals surface area (Å²) >= 11 is 8.37. The lowest BCUT2D eigenvalue weighted by Crippen LogP contribution is -2.20. The second-order valence-corrected chi connectivity index (χ2v) is 10.1. The predicted octanol–water partition coefficient (Wildman–Crippen LogP) is 7.14. The van der Waals surface area contributed by atoms with Gasteiger partial charge in [-0.1, -0.05) is 23.7 Å². The highest BCUT2D eigenvalue weighted by Gasteiger charge is 2.17. The van der Waals surface area contributed by atoms with Crippen molar-refractivity contribution in [2.24, 2.45) is 5.10 Å². The summed E-state index contributed by atoms with van der Waals surface area (Å²) in [5.41, 5.74) is 1.62. The average molecular weight is 628 g/mol. The van der Waals surface area contributed by atoms with Gasteiger partial charge in [0.05, 0.1) is 33.4 Å². The second-order valence-electron chi connectivity index (χ2n) is 8.54. The molecule has 0 aliphatic rings. The molecule has 7 nitrogen and oxygen atoms in total. The van der Waals surface area contributed by atoms with Gasteiger partial charge in [0.25, 0.3) is 5.56 Å². The molecular formula is C28H23ClIN3O4. The van der Waals surface area contributed by atoms with E-state index in [1.54, 1.807) is 48.7 Å². The van der Waals surface area contributed by atoms with E-state index in [9.17, 15) is 4.79 Å². The molecule has 0 saturated heterocycles. The van der Waals surface area contributed by atoms with E-state index in [-0.39, 0.29) is 17.5 Å². The molecule has 0 atom stereocenters. The van der Waals surface area contributed by atoms with Gasteiger partial charge in [-0.2, -0.15) is 9.78 Å². The molecule has 9 heteroatoms. The fraction of sp³-hybridized carbons (Fsp3) is 0.179. The molecule has 0 aliphatic carbocycles. The molecule has 2 aromatic heterocycles. The van der Waals surface area contributed by atoms with Crippen LogP contribution < -0.4 is 15.0 Å². The van der Waals surface area contributed by atoms with Crippen LogP contribution >= 0.6 is 34.2 Å². The van der Waals surface area contributed by atoms with Gasteiger partial charge < -0.3 is 13.9 Å². The lowest BCUT2D eigenvalue weighted by molar-refractivity contribution is 0.222. The standard InChI is InChI=1S/C28H23ClIN3O4/c1-4-35-24-12-17(11-21(30)26(24)36-16(2)3)15-31-33-27(32-22-8-6-5-7-20(22)28(33)34)25-14-18-13-19(29)9-10-23(18)37-25/h5-16H,4H2,1-3H3. The van der Waals surface area contributed by atoms with Gasteiger partial charge in [-0.25, -0.2) is 4.98 Å². The third-order valence-electron chi connectivity index (χ3n) is 5.46. The summed E-state index contributed by atoms with van der Waals surface area (Å²) in [6, 6.07) is 18.1. The Hall–Kier alpha value is -3.37. The molecule has 0 aliphatic heterocycles. The van der Waals surface area contributed by atoms with Crippen LogP contribution in [0, 0.1) is 3.57 Å². The Morgan fingerprint density at radius 3 is 2.76 bits per heavy atom.